The largest absolute Gasteiger partial charge is 0.417 e. The molecule has 0 unspecified atom stereocenters. The van der Waals surface area contributed by atoms with Crippen LogP contribution in [0.15, 0.2) is 24.5 Å². The van der Waals surface area contributed by atoms with Crippen LogP contribution in [0.4, 0.5) is 19.0 Å². The van der Waals surface area contributed by atoms with Crippen LogP contribution in [0.2, 0.25) is 0 Å². The number of anilines is 1. The predicted octanol–water partition coefficient (Wildman–Crippen LogP) is 3.44. The van der Waals surface area contributed by atoms with Gasteiger partial charge in [-0.3, -0.25) is 14.7 Å². The van der Waals surface area contributed by atoms with Gasteiger partial charge in [0, 0.05) is 36.9 Å². The Morgan fingerprint density at radius 2 is 1.91 bits per heavy atom. The lowest BCUT2D eigenvalue weighted by Gasteiger charge is -2.47. The lowest BCUT2D eigenvalue weighted by molar-refractivity contribution is -0.137. The van der Waals surface area contributed by atoms with E-state index in [0.717, 1.165) is 51.0 Å². The minimum Gasteiger partial charge on any atom is -0.393 e. The van der Waals surface area contributed by atoms with Crippen molar-refractivity contribution in [1.82, 2.24) is 20.2 Å². The molecule has 1 aliphatic carbocycles. The number of aliphatic hydroxyl groups excluding tert-OH is 1. The summed E-state index contributed by atoms with van der Waals surface area (Å²) in [6.07, 6.45) is 1.70. The summed E-state index contributed by atoms with van der Waals surface area (Å²) in [5.41, 5.74) is -0.487. The Morgan fingerprint density at radius 3 is 2.56 bits per heavy atom. The molecule has 2 aromatic heterocycles. The Balaban J connectivity index is 1.24. The van der Waals surface area contributed by atoms with E-state index in [1.807, 2.05) is 0 Å². The van der Waals surface area contributed by atoms with Crippen LogP contribution in [-0.4, -0.2) is 63.7 Å². The summed E-state index contributed by atoms with van der Waals surface area (Å²) in [5.74, 6) is 0.629. The number of halogens is 3. The predicted molar refractivity (Wildman–Crippen MR) is 123 cm³/mol. The number of aromatic nitrogens is 2. The third-order valence-corrected chi connectivity index (χ3v) is 7.05. The van der Waals surface area contributed by atoms with Crippen molar-refractivity contribution in [3.63, 3.8) is 0 Å². The highest BCUT2D eigenvalue weighted by atomic mass is 19.4. The number of carbonyl (C=O) groups is 1. The van der Waals surface area contributed by atoms with Gasteiger partial charge in [-0.15, -0.1) is 0 Å². The summed E-state index contributed by atoms with van der Waals surface area (Å²) in [4.78, 5) is 22.7. The molecule has 1 aliphatic heterocycles. The number of aliphatic hydroxyl groups is 1. The molecule has 1 saturated heterocycles. The van der Waals surface area contributed by atoms with Crippen molar-refractivity contribution in [3.05, 3.63) is 30.1 Å². The summed E-state index contributed by atoms with van der Waals surface area (Å²) in [5, 5.41) is 16.4. The van der Waals surface area contributed by atoms with E-state index in [0.29, 0.717) is 17.5 Å². The van der Waals surface area contributed by atoms with E-state index in [-0.39, 0.29) is 41.7 Å². The van der Waals surface area contributed by atoms with Gasteiger partial charge in [-0.25, -0.2) is 4.98 Å². The maximum Gasteiger partial charge on any atom is 0.417 e. The number of rotatable bonds is 7. The average molecular weight is 480 g/mol. The van der Waals surface area contributed by atoms with Crippen molar-refractivity contribution in [2.24, 2.45) is 11.8 Å². The van der Waals surface area contributed by atoms with Gasteiger partial charge < -0.3 is 15.7 Å². The monoisotopic (exact) mass is 479 g/mol. The van der Waals surface area contributed by atoms with Crippen LogP contribution < -0.4 is 10.6 Å². The summed E-state index contributed by atoms with van der Waals surface area (Å²) in [6, 6.07) is 3.08. The van der Waals surface area contributed by atoms with E-state index in [9.17, 15) is 23.1 Å². The van der Waals surface area contributed by atoms with E-state index in [2.05, 4.69) is 39.3 Å². The fourth-order valence-corrected chi connectivity index (χ4v) is 5.04. The minimum atomic E-state index is -4.50. The van der Waals surface area contributed by atoms with Gasteiger partial charge in [0.05, 0.1) is 29.8 Å². The molecule has 34 heavy (non-hydrogen) atoms. The molecule has 4 rings (SSSR count). The molecule has 2 fully saturated rings. The van der Waals surface area contributed by atoms with Gasteiger partial charge >= 0.3 is 6.18 Å². The summed E-state index contributed by atoms with van der Waals surface area (Å²) < 4.78 is 39.1. The van der Waals surface area contributed by atoms with Gasteiger partial charge in [-0.2, -0.15) is 13.2 Å². The van der Waals surface area contributed by atoms with Crippen LogP contribution in [0.3, 0.4) is 0 Å². The third-order valence-electron chi connectivity index (χ3n) is 7.05. The van der Waals surface area contributed by atoms with Crippen molar-refractivity contribution in [3.8, 4) is 0 Å². The molecule has 186 valence electrons. The molecule has 0 radical (unpaired) electrons. The molecule has 1 saturated carbocycles. The molecule has 0 bridgehead atoms. The highest BCUT2D eigenvalue weighted by Crippen LogP contribution is 2.34. The topological polar surface area (TPSA) is 90.4 Å². The van der Waals surface area contributed by atoms with Crippen molar-refractivity contribution in [2.75, 3.05) is 25.0 Å². The van der Waals surface area contributed by atoms with Gasteiger partial charge in [0.1, 0.15) is 5.82 Å². The molecule has 0 aromatic carbocycles. The maximum atomic E-state index is 13.0. The summed E-state index contributed by atoms with van der Waals surface area (Å²) in [7, 11) is 0. The van der Waals surface area contributed by atoms with Crippen LogP contribution >= 0.6 is 0 Å². The molecule has 1 atom stereocenters. The zero-order valence-corrected chi connectivity index (χ0v) is 19.5. The first-order valence-electron chi connectivity index (χ1n) is 11.9. The highest BCUT2D eigenvalue weighted by molar-refractivity contribution is 5.91. The number of carbonyl (C=O) groups excluding carboxylic acids is 1. The zero-order chi connectivity index (χ0) is 24.5. The fraction of sp³-hybridized carbons (Fsp3) is 0.625. The average Bonchev–Trinajstić information content (AvgIpc) is 2.78. The first-order valence-corrected chi connectivity index (χ1v) is 11.9. The number of alkyl halides is 3. The second kappa shape index (κ2) is 10.0. The molecule has 3 heterocycles. The molecule has 0 spiro atoms. The number of hydrogen-bond donors (Lipinski definition) is 3. The van der Waals surface area contributed by atoms with E-state index < -0.39 is 11.7 Å². The van der Waals surface area contributed by atoms with Gasteiger partial charge in [0.2, 0.25) is 5.91 Å². The normalized spacial score (nSPS) is 23.0. The minimum absolute atomic E-state index is 0.0623. The number of hydrogen-bond acceptors (Lipinski definition) is 6. The molecule has 1 amide bonds. The zero-order valence-electron chi connectivity index (χ0n) is 19.5. The molecule has 10 heteroatoms. The first kappa shape index (κ1) is 24.7. The van der Waals surface area contributed by atoms with Crippen LogP contribution in [-0.2, 0) is 11.0 Å². The highest BCUT2D eigenvalue weighted by Gasteiger charge is 2.37. The van der Waals surface area contributed by atoms with E-state index in [1.54, 1.807) is 0 Å². The Labute approximate surface area is 197 Å². The van der Waals surface area contributed by atoms with Crippen LogP contribution in [0.25, 0.3) is 10.9 Å². The number of fused-ring (bicyclic) bond motifs is 1. The van der Waals surface area contributed by atoms with Gasteiger partial charge in [0.25, 0.3) is 0 Å². The lowest BCUT2D eigenvalue weighted by atomic mass is 9.78. The summed E-state index contributed by atoms with van der Waals surface area (Å²) >= 11 is 0. The van der Waals surface area contributed by atoms with Crippen molar-refractivity contribution < 1.29 is 23.1 Å². The Bertz CT molecular complexity index is 1000. The van der Waals surface area contributed by atoms with Gasteiger partial charge in [0.15, 0.2) is 0 Å². The van der Waals surface area contributed by atoms with Gasteiger partial charge in [-0.05, 0) is 49.7 Å². The number of nitrogens with one attached hydrogen (secondary N) is 2. The molecule has 2 aromatic rings. The van der Waals surface area contributed by atoms with Gasteiger partial charge in [-0.1, -0.05) is 13.8 Å². The number of likely N-dealkylation sites (tertiary alicyclic amines) is 1. The smallest absolute Gasteiger partial charge is 0.393 e. The fourth-order valence-electron chi connectivity index (χ4n) is 5.04. The Morgan fingerprint density at radius 1 is 1.21 bits per heavy atom. The standard InChI is InChI=1S/C24H32F3N5O2/c1-14(2)22(34)15-3-5-18(6-4-15)32-12-17(13-32)31-21(33)11-30-23-19-9-16(24(25,26)27)10-29-20(19)7-8-28-23/h7-10,14-15,17-18,22,34H,3-6,11-13H2,1-2H3,(H,28,30)(H,31,33)/t15?,18?,22-/m1/s1. The number of amides is 1. The van der Waals surface area contributed by atoms with Crippen LogP contribution in [0, 0.1) is 11.8 Å². The second-order valence-corrected chi connectivity index (χ2v) is 9.82. The first-order chi connectivity index (χ1) is 16.1. The van der Waals surface area contributed by atoms with E-state index in [1.165, 1.54) is 12.3 Å². The Hall–Kier alpha value is -2.46. The lowest BCUT2D eigenvalue weighted by Crippen LogP contribution is -2.63. The summed E-state index contributed by atoms with van der Waals surface area (Å²) in [6.45, 7) is 5.61. The van der Waals surface area contributed by atoms with E-state index >= 15 is 0 Å². The number of pyridine rings is 2. The van der Waals surface area contributed by atoms with E-state index in [4.69, 9.17) is 0 Å². The second-order valence-electron chi connectivity index (χ2n) is 9.82. The SMILES string of the molecule is CC(C)[C@@H](O)C1CCC(N2CC(NC(=O)CNc3nccc4ncc(C(F)(F)F)cc34)C2)CC1. The molecular formula is C24H32F3N5O2. The van der Waals surface area contributed by atoms with Crippen molar-refractivity contribution in [2.45, 2.75) is 63.9 Å². The molecule has 3 N–H and O–H groups in total. The number of nitrogens with zero attached hydrogens (tertiary/aromatic N) is 3. The third kappa shape index (κ3) is 5.60. The van der Waals surface area contributed by atoms with Crippen LogP contribution in [0.1, 0.15) is 45.1 Å². The van der Waals surface area contributed by atoms with Crippen molar-refractivity contribution >= 4 is 22.6 Å². The van der Waals surface area contributed by atoms with Crippen LogP contribution in [0.5, 0.6) is 0 Å². The maximum absolute atomic E-state index is 13.0. The molecule has 2 aliphatic rings. The molecular weight excluding hydrogens is 447 g/mol. The molecule has 7 nitrogen and oxygen atoms in total. The quantitative estimate of drug-likeness (QED) is 0.564. The van der Waals surface area contributed by atoms with Crippen molar-refractivity contribution in [1.29, 1.82) is 0 Å². The Kier molecular flexibility index (Phi) is 7.28.